The number of rotatable bonds is 9. The molecule has 1 aromatic heterocycles. The highest BCUT2D eigenvalue weighted by Gasteiger charge is 2.48. The van der Waals surface area contributed by atoms with Crippen molar-refractivity contribution in [2.75, 3.05) is 64.9 Å². The standard InChI is InChI=1S/C36H40F2N6O4S/c1-4-25-27(37)8-7-23-15-24(45)16-26(28(23)25)31-29(38)30-32(49(46,47)44(31)17-22-5-6-22)33(43-13-11-35(12-14-43)18-39-19-35)41-34(40-30)48-21-36(9-10-36)20-42(2)3/h1,7-8,15-16,22,39,45H,5-6,9-14,17-21H2,2-3H3. The molecule has 8 rings (SSSR count). The minimum Gasteiger partial charge on any atom is -0.508 e. The van der Waals surface area contributed by atoms with Gasteiger partial charge >= 0.3 is 6.01 Å². The monoisotopic (exact) mass is 690 g/mol. The number of aromatic hydroxyl groups is 1. The van der Waals surface area contributed by atoms with E-state index in [4.69, 9.17) is 16.1 Å². The van der Waals surface area contributed by atoms with Crippen molar-refractivity contribution in [3.8, 4) is 24.1 Å². The number of piperidine rings is 1. The molecule has 49 heavy (non-hydrogen) atoms. The number of hydrogen-bond acceptors (Lipinski definition) is 9. The van der Waals surface area contributed by atoms with Crippen LogP contribution in [-0.4, -0.2) is 92.7 Å². The van der Waals surface area contributed by atoms with Gasteiger partial charge in [-0.05, 0) is 87.5 Å². The maximum atomic E-state index is 17.5. The molecule has 0 atom stereocenters. The van der Waals surface area contributed by atoms with Crippen LogP contribution in [0.4, 0.5) is 14.6 Å². The number of hydrogen-bond donors (Lipinski definition) is 2. The second-order valence-electron chi connectivity index (χ2n) is 14.9. The number of phenols is 1. The Bertz CT molecular complexity index is 2040. The van der Waals surface area contributed by atoms with E-state index < -0.39 is 27.4 Å². The smallest absolute Gasteiger partial charge is 0.319 e. The third kappa shape index (κ3) is 5.58. The fourth-order valence-electron chi connectivity index (χ4n) is 7.70. The number of ether oxygens (including phenoxy) is 1. The van der Waals surface area contributed by atoms with Gasteiger partial charge in [-0.15, -0.1) is 6.42 Å². The summed E-state index contributed by atoms with van der Waals surface area (Å²) in [5.41, 5.74) is -0.831. The molecule has 258 valence electrons. The largest absolute Gasteiger partial charge is 0.508 e. The third-order valence-corrected chi connectivity index (χ3v) is 12.7. The number of benzene rings is 2. The molecule has 10 nitrogen and oxygen atoms in total. The van der Waals surface area contributed by atoms with Crippen LogP contribution in [0.1, 0.15) is 55.3 Å². The molecule has 2 aliphatic carbocycles. The van der Waals surface area contributed by atoms with E-state index >= 15 is 8.78 Å². The average molecular weight is 691 g/mol. The summed E-state index contributed by atoms with van der Waals surface area (Å²) in [6, 6.07) is 5.14. The first-order chi connectivity index (χ1) is 23.4. The summed E-state index contributed by atoms with van der Waals surface area (Å²) in [4.78, 5) is 12.9. The Morgan fingerprint density at radius 3 is 2.47 bits per heavy atom. The van der Waals surface area contributed by atoms with Crippen LogP contribution in [-0.2, 0) is 10.0 Å². The van der Waals surface area contributed by atoms with Crippen molar-refractivity contribution in [2.45, 2.75) is 43.4 Å². The van der Waals surface area contributed by atoms with Gasteiger partial charge in [-0.2, -0.15) is 9.97 Å². The molecule has 0 radical (unpaired) electrons. The lowest BCUT2D eigenvalue weighted by Gasteiger charge is -2.49. The summed E-state index contributed by atoms with van der Waals surface area (Å²) >= 11 is 0. The van der Waals surface area contributed by atoms with E-state index in [1.807, 2.05) is 19.0 Å². The molecule has 5 aliphatic rings. The molecule has 0 amide bonds. The highest BCUT2D eigenvalue weighted by molar-refractivity contribution is 7.89. The Kier molecular flexibility index (Phi) is 7.59. The van der Waals surface area contributed by atoms with Crippen molar-refractivity contribution in [1.82, 2.24) is 24.5 Å². The quantitative estimate of drug-likeness (QED) is 0.312. The number of nitrogens with zero attached hydrogens (tertiary/aromatic N) is 5. The second kappa shape index (κ2) is 11.5. The van der Waals surface area contributed by atoms with Gasteiger partial charge in [0.1, 0.15) is 17.3 Å². The minimum absolute atomic E-state index is 0.00189. The third-order valence-electron chi connectivity index (χ3n) is 10.9. The lowest BCUT2D eigenvalue weighted by atomic mass is 9.73. The number of aromatic nitrogens is 2. The predicted octanol–water partition coefficient (Wildman–Crippen LogP) is 4.58. The molecule has 1 spiro atoms. The SMILES string of the molecule is C#Cc1c(F)ccc2cc(O)cc(C3=C(F)c4nc(OCC5(CN(C)C)CC5)nc(N5CCC6(CC5)CNC6)c4S(=O)(=O)N3CC3CC3)c12. The van der Waals surface area contributed by atoms with Gasteiger partial charge < -0.3 is 25.0 Å². The molecule has 2 N–H and O–H groups in total. The van der Waals surface area contributed by atoms with Crippen molar-refractivity contribution in [3.63, 3.8) is 0 Å². The zero-order chi connectivity index (χ0) is 34.3. The number of nitrogens with one attached hydrogen (secondary N) is 1. The minimum atomic E-state index is -4.48. The topological polar surface area (TPSA) is 111 Å². The molecular formula is C36H40F2N6O4S. The van der Waals surface area contributed by atoms with Gasteiger partial charge in [0.25, 0.3) is 10.0 Å². The maximum Gasteiger partial charge on any atom is 0.319 e. The van der Waals surface area contributed by atoms with E-state index in [2.05, 4.69) is 21.1 Å². The number of anilines is 1. The summed E-state index contributed by atoms with van der Waals surface area (Å²) < 4.78 is 69.8. The van der Waals surface area contributed by atoms with E-state index in [0.29, 0.717) is 25.1 Å². The number of terminal acetylenes is 1. The molecular weight excluding hydrogens is 650 g/mol. The van der Waals surface area contributed by atoms with Gasteiger partial charge in [0.2, 0.25) is 0 Å². The van der Waals surface area contributed by atoms with Crippen molar-refractivity contribution in [2.24, 2.45) is 16.7 Å². The van der Waals surface area contributed by atoms with Crippen LogP contribution in [0.25, 0.3) is 22.3 Å². The van der Waals surface area contributed by atoms with Gasteiger partial charge in [-0.1, -0.05) is 12.0 Å². The second-order valence-corrected chi connectivity index (χ2v) is 16.7. The predicted molar refractivity (Wildman–Crippen MR) is 183 cm³/mol. The summed E-state index contributed by atoms with van der Waals surface area (Å²) in [5, 5.41) is 14.6. The van der Waals surface area contributed by atoms with Crippen LogP contribution in [0.15, 0.2) is 29.2 Å². The lowest BCUT2D eigenvalue weighted by Crippen LogP contribution is -2.58. The van der Waals surface area contributed by atoms with Crippen LogP contribution in [0.2, 0.25) is 0 Å². The van der Waals surface area contributed by atoms with Gasteiger partial charge in [0.15, 0.2) is 16.5 Å². The van der Waals surface area contributed by atoms with E-state index in [0.717, 1.165) is 62.5 Å². The number of fused-ring (bicyclic) bond motifs is 2. The molecule has 13 heteroatoms. The van der Waals surface area contributed by atoms with Gasteiger partial charge in [-0.3, -0.25) is 4.31 Å². The molecule has 3 aromatic rings. The van der Waals surface area contributed by atoms with Gasteiger partial charge in [-0.25, -0.2) is 17.2 Å². The summed E-state index contributed by atoms with van der Waals surface area (Å²) in [7, 11) is -0.482. The van der Waals surface area contributed by atoms with Crippen LogP contribution in [0.3, 0.4) is 0 Å². The summed E-state index contributed by atoms with van der Waals surface area (Å²) in [5.74, 6) is 0.604. The highest BCUT2D eigenvalue weighted by Crippen LogP contribution is 2.51. The zero-order valence-corrected chi connectivity index (χ0v) is 28.5. The zero-order valence-electron chi connectivity index (χ0n) is 27.7. The first-order valence-corrected chi connectivity index (χ1v) is 18.4. The maximum absolute atomic E-state index is 17.5. The summed E-state index contributed by atoms with van der Waals surface area (Å²) in [6.07, 6.45) is 10.9. The summed E-state index contributed by atoms with van der Waals surface area (Å²) in [6.45, 7) is 4.03. The molecule has 0 bridgehead atoms. The fraction of sp³-hybridized carbons (Fsp3) is 0.500. The highest BCUT2D eigenvalue weighted by atomic mass is 32.2. The Balaban J connectivity index is 1.33. The first kappa shape index (κ1) is 32.2. The van der Waals surface area contributed by atoms with Crippen molar-refractivity contribution in [3.05, 3.63) is 46.9 Å². The molecule has 2 saturated heterocycles. The molecule has 0 unspecified atom stereocenters. The molecule has 3 aliphatic heterocycles. The normalized spacial score (nSPS) is 21.9. The average Bonchev–Trinajstić information content (AvgIpc) is 3.99. The molecule has 4 heterocycles. The van der Waals surface area contributed by atoms with Crippen molar-refractivity contribution < 1.29 is 27.0 Å². The Hall–Kier alpha value is -3.99. The first-order valence-electron chi connectivity index (χ1n) is 16.9. The van der Waals surface area contributed by atoms with Crippen LogP contribution in [0.5, 0.6) is 11.8 Å². The Labute approximate surface area is 285 Å². The molecule has 2 saturated carbocycles. The van der Waals surface area contributed by atoms with Gasteiger partial charge in [0.05, 0.1) is 17.9 Å². The van der Waals surface area contributed by atoms with E-state index in [9.17, 15) is 13.5 Å². The Morgan fingerprint density at radius 1 is 1.12 bits per heavy atom. The van der Waals surface area contributed by atoms with Crippen molar-refractivity contribution >= 4 is 38.1 Å². The van der Waals surface area contributed by atoms with E-state index in [1.165, 1.54) is 24.3 Å². The Morgan fingerprint density at radius 2 is 1.86 bits per heavy atom. The van der Waals surface area contributed by atoms with Crippen LogP contribution >= 0.6 is 0 Å². The van der Waals surface area contributed by atoms with Crippen LogP contribution < -0.4 is 15.0 Å². The van der Waals surface area contributed by atoms with E-state index in [1.54, 1.807) is 0 Å². The lowest BCUT2D eigenvalue weighted by molar-refractivity contribution is 0.125. The van der Waals surface area contributed by atoms with Gasteiger partial charge in [0, 0.05) is 55.6 Å². The fourth-order valence-corrected chi connectivity index (χ4v) is 9.54. The number of sulfonamides is 1. The van der Waals surface area contributed by atoms with E-state index in [-0.39, 0.29) is 68.0 Å². The number of halogens is 2. The molecule has 4 fully saturated rings. The number of phenolic OH excluding ortho intramolecular Hbond substituents is 1. The van der Waals surface area contributed by atoms with Crippen LogP contribution in [0, 0.1) is 34.9 Å². The molecule has 2 aromatic carbocycles. The van der Waals surface area contributed by atoms with Crippen molar-refractivity contribution in [1.29, 1.82) is 0 Å².